The summed E-state index contributed by atoms with van der Waals surface area (Å²) in [5.41, 5.74) is 0.974. The Labute approximate surface area is 139 Å². The third kappa shape index (κ3) is 2.85. The molecule has 0 aliphatic rings. The van der Waals surface area contributed by atoms with Gasteiger partial charge in [-0.3, -0.25) is 10.1 Å². The number of halogens is 2. The molecule has 0 atom stereocenters. The molecule has 0 saturated carbocycles. The van der Waals surface area contributed by atoms with E-state index in [2.05, 4.69) is 15.3 Å². The number of nitrogens with zero attached hydrogens (tertiary/aromatic N) is 2. The highest BCUT2D eigenvalue weighted by Gasteiger charge is 2.14. The SMILES string of the molecule is COc1cc2sc(NC(=O)c3cccnc3Cl)nc2cc1Cl. The quantitative estimate of drug-likeness (QED) is 0.714. The Morgan fingerprint density at radius 2 is 2.18 bits per heavy atom. The van der Waals surface area contributed by atoms with Crippen molar-refractivity contribution in [1.82, 2.24) is 9.97 Å². The van der Waals surface area contributed by atoms with Crippen LogP contribution in [0.3, 0.4) is 0 Å². The first-order chi connectivity index (χ1) is 10.6. The predicted molar refractivity (Wildman–Crippen MR) is 88.4 cm³/mol. The van der Waals surface area contributed by atoms with Crippen LogP contribution in [0.1, 0.15) is 10.4 Å². The van der Waals surface area contributed by atoms with Crippen LogP contribution < -0.4 is 10.1 Å². The molecular formula is C14H9Cl2N3O2S. The molecule has 2 aromatic heterocycles. The molecular weight excluding hydrogens is 345 g/mol. The molecule has 0 aliphatic carbocycles. The lowest BCUT2D eigenvalue weighted by Gasteiger charge is -2.02. The van der Waals surface area contributed by atoms with E-state index in [0.717, 1.165) is 4.70 Å². The highest BCUT2D eigenvalue weighted by molar-refractivity contribution is 7.22. The van der Waals surface area contributed by atoms with Crippen LogP contribution in [0.15, 0.2) is 30.5 Å². The number of methoxy groups -OCH3 is 1. The maximum absolute atomic E-state index is 12.2. The molecule has 22 heavy (non-hydrogen) atoms. The fraction of sp³-hybridized carbons (Fsp3) is 0.0714. The number of anilines is 1. The largest absolute Gasteiger partial charge is 0.495 e. The summed E-state index contributed by atoms with van der Waals surface area (Å²) < 4.78 is 6.02. The van der Waals surface area contributed by atoms with Crippen molar-refractivity contribution in [3.05, 3.63) is 46.2 Å². The zero-order chi connectivity index (χ0) is 15.7. The molecule has 0 aliphatic heterocycles. The Kier molecular flexibility index (Phi) is 4.15. The standard InChI is InChI=1S/C14H9Cl2N3O2S/c1-21-10-6-11-9(5-8(10)15)18-14(22-11)19-13(20)7-3-2-4-17-12(7)16/h2-6H,1H3,(H,18,19,20). The lowest BCUT2D eigenvalue weighted by molar-refractivity contribution is 0.102. The molecule has 0 spiro atoms. The van der Waals surface area contributed by atoms with Crippen molar-refractivity contribution in [2.24, 2.45) is 0 Å². The maximum atomic E-state index is 12.2. The first-order valence-electron chi connectivity index (χ1n) is 6.14. The number of thiazole rings is 1. The number of ether oxygens (including phenoxy) is 1. The normalized spacial score (nSPS) is 10.7. The summed E-state index contributed by atoms with van der Waals surface area (Å²) in [6, 6.07) is 6.71. The van der Waals surface area contributed by atoms with E-state index in [1.807, 2.05) is 0 Å². The number of hydrogen-bond donors (Lipinski definition) is 1. The molecule has 1 aromatic carbocycles. The molecule has 0 radical (unpaired) electrons. The lowest BCUT2D eigenvalue weighted by atomic mass is 10.3. The van der Waals surface area contributed by atoms with Gasteiger partial charge in [0, 0.05) is 12.3 Å². The molecule has 5 nitrogen and oxygen atoms in total. The summed E-state index contributed by atoms with van der Waals surface area (Å²) in [5, 5.41) is 3.76. The van der Waals surface area contributed by atoms with Gasteiger partial charge in [-0.15, -0.1) is 0 Å². The zero-order valence-corrected chi connectivity index (χ0v) is 13.6. The predicted octanol–water partition coefficient (Wildman–Crippen LogP) is 4.26. The van der Waals surface area contributed by atoms with Crippen LogP contribution in [-0.2, 0) is 0 Å². The molecule has 8 heteroatoms. The van der Waals surface area contributed by atoms with Gasteiger partial charge in [0.1, 0.15) is 10.9 Å². The highest BCUT2D eigenvalue weighted by Crippen LogP contribution is 2.34. The van der Waals surface area contributed by atoms with Crippen LogP contribution in [0.4, 0.5) is 5.13 Å². The van der Waals surface area contributed by atoms with Gasteiger partial charge in [-0.1, -0.05) is 34.5 Å². The van der Waals surface area contributed by atoms with Crippen molar-refractivity contribution in [2.75, 3.05) is 12.4 Å². The Hall–Kier alpha value is -1.89. The minimum Gasteiger partial charge on any atom is -0.495 e. The lowest BCUT2D eigenvalue weighted by Crippen LogP contribution is -2.12. The van der Waals surface area contributed by atoms with Gasteiger partial charge in [0.25, 0.3) is 5.91 Å². The smallest absolute Gasteiger partial charge is 0.260 e. The number of hydrogen-bond acceptors (Lipinski definition) is 5. The molecule has 3 rings (SSSR count). The molecule has 2 heterocycles. The van der Waals surface area contributed by atoms with Gasteiger partial charge in [0.2, 0.25) is 0 Å². The Bertz CT molecular complexity index is 866. The second kappa shape index (κ2) is 6.08. The average Bonchev–Trinajstić information content (AvgIpc) is 2.87. The molecule has 0 fully saturated rings. The van der Waals surface area contributed by atoms with Gasteiger partial charge < -0.3 is 4.74 Å². The molecule has 0 saturated heterocycles. The Morgan fingerprint density at radius 3 is 2.91 bits per heavy atom. The van der Waals surface area contributed by atoms with Gasteiger partial charge in [-0.05, 0) is 18.2 Å². The van der Waals surface area contributed by atoms with Gasteiger partial charge in [0.05, 0.1) is 27.9 Å². The van der Waals surface area contributed by atoms with Crippen LogP contribution in [0.2, 0.25) is 10.2 Å². The van der Waals surface area contributed by atoms with E-state index in [0.29, 0.717) is 27.0 Å². The van der Waals surface area contributed by atoms with Gasteiger partial charge in [-0.2, -0.15) is 0 Å². The van der Waals surface area contributed by atoms with Gasteiger partial charge in [-0.25, -0.2) is 9.97 Å². The monoisotopic (exact) mass is 353 g/mol. The number of carbonyl (C=O) groups excluding carboxylic acids is 1. The maximum Gasteiger partial charge on any atom is 0.260 e. The van der Waals surface area contributed by atoms with Crippen LogP contribution in [-0.4, -0.2) is 23.0 Å². The minimum absolute atomic E-state index is 0.144. The van der Waals surface area contributed by atoms with Gasteiger partial charge >= 0.3 is 0 Å². The molecule has 0 unspecified atom stereocenters. The van der Waals surface area contributed by atoms with E-state index in [1.54, 1.807) is 31.4 Å². The van der Waals surface area contributed by atoms with Crippen LogP contribution in [0, 0.1) is 0 Å². The Balaban J connectivity index is 1.91. The third-order valence-electron chi connectivity index (χ3n) is 2.89. The van der Waals surface area contributed by atoms with E-state index < -0.39 is 0 Å². The molecule has 3 aromatic rings. The fourth-order valence-corrected chi connectivity index (χ4v) is 3.17. The number of benzene rings is 1. The average molecular weight is 354 g/mol. The number of pyridine rings is 1. The van der Waals surface area contributed by atoms with Crippen molar-refractivity contribution in [3.8, 4) is 5.75 Å². The number of rotatable bonds is 3. The minimum atomic E-state index is -0.366. The second-order valence-electron chi connectivity index (χ2n) is 4.27. The Morgan fingerprint density at radius 1 is 1.36 bits per heavy atom. The zero-order valence-electron chi connectivity index (χ0n) is 11.3. The molecule has 1 N–H and O–H groups in total. The number of amides is 1. The first-order valence-corrected chi connectivity index (χ1v) is 7.71. The second-order valence-corrected chi connectivity index (χ2v) is 6.07. The number of carbonyl (C=O) groups is 1. The summed E-state index contributed by atoms with van der Waals surface area (Å²) in [4.78, 5) is 20.4. The van der Waals surface area contributed by atoms with Crippen molar-refractivity contribution in [3.63, 3.8) is 0 Å². The van der Waals surface area contributed by atoms with E-state index >= 15 is 0 Å². The van der Waals surface area contributed by atoms with Crippen LogP contribution in [0.5, 0.6) is 5.75 Å². The van der Waals surface area contributed by atoms with E-state index in [-0.39, 0.29) is 11.1 Å². The molecule has 1 amide bonds. The van der Waals surface area contributed by atoms with Crippen molar-refractivity contribution < 1.29 is 9.53 Å². The first kappa shape index (κ1) is 15.0. The van der Waals surface area contributed by atoms with Crippen molar-refractivity contribution in [2.45, 2.75) is 0 Å². The number of aromatic nitrogens is 2. The topological polar surface area (TPSA) is 64.1 Å². The summed E-state index contributed by atoms with van der Waals surface area (Å²) in [6.07, 6.45) is 1.52. The number of nitrogens with one attached hydrogen (secondary N) is 1. The highest BCUT2D eigenvalue weighted by atomic mass is 35.5. The van der Waals surface area contributed by atoms with Crippen molar-refractivity contribution in [1.29, 1.82) is 0 Å². The molecule has 0 bridgehead atoms. The summed E-state index contributed by atoms with van der Waals surface area (Å²) >= 11 is 13.3. The van der Waals surface area contributed by atoms with Gasteiger partial charge in [0.15, 0.2) is 5.13 Å². The van der Waals surface area contributed by atoms with Crippen LogP contribution in [0.25, 0.3) is 10.2 Å². The summed E-state index contributed by atoms with van der Waals surface area (Å²) in [6.45, 7) is 0. The number of fused-ring (bicyclic) bond motifs is 1. The van der Waals surface area contributed by atoms with Crippen LogP contribution >= 0.6 is 34.5 Å². The fourth-order valence-electron chi connectivity index (χ4n) is 1.86. The van der Waals surface area contributed by atoms with E-state index in [9.17, 15) is 4.79 Å². The summed E-state index contributed by atoms with van der Waals surface area (Å²) in [5.74, 6) is 0.196. The third-order valence-corrected chi connectivity index (χ3v) is 4.42. The van der Waals surface area contributed by atoms with Crippen molar-refractivity contribution >= 4 is 55.8 Å². The van der Waals surface area contributed by atoms with E-state index in [4.69, 9.17) is 27.9 Å². The van der Waals surface area contributed by atoms with E-state index in [1.165, 1.54) is 17.5 Å². The molecule has 112 valence electrons. The summed E-state index contributed by atoms with van der Waals surface area (Å²) in [7, 11) is 1.54.